The van der Waals surface area contributed by atoms with Crippen molar-refractivity contribution in [1.29, 1.82) is 0 Å². The van der Waals surface area contributed by atoms with Crippen LogP contribution >= 0.6 is 0 Å². The van der Waals surface area contributed by atoms with Gasteiger partial charge in [-0.15, -0.1) is 0 Å². The van der Waals surface area contributed by atoms with Gasteiger partial charge in [0.1, 0.15) is 5.75 Å². The van der Waals surface area contributed by atoms with Gasteiger partial charge in [-0.2, -0.15) is 0 Å². The van der Waals surface area contributed by atoms with Crippen LogP contribution in [0.5, 0.6) is 5.75 Å². The highest BCUT2D eigenvalue weighted by molar-refractivity contribution is 5.90. The lowest BCUT2D eigenvalue weighted by atomic mass is 10.2. The first-order chi connectivity index (χ1) is 13.0. The number of carbonyl (C=O) groups is 2. The molecule has 142 valence electrons. The summed E-state index contributed by atoms with van der Waals surface area (Å²) in [6.45, 7) is 2.02. The van der Waals surface area contributed by atoms with Crippen LogP contribution in [0.3, 0.4) is 0 Å². The standard InChI is InChI=1S/C19H21N3O5/c1-2-4-18(23)21-15-6-3-5-14(11-15)12-20-19(24)13-27-17-9-7-16(8-10-17)22(25)26/h3,5-11H,2,4,12-13H2,1H3,(H,20,24)(H,21,23). The predicted molar refractivity (Wildman–Crippen MR) is 100 cm³/mol. The zero-order valence-electron chi connectivity index (χ0n) is 14.9. The Morgan fingerprint density at radius 2 is 1.85 bits per heavy atom. The van der Waals surface area contributed by atoms with E-state index in [0.717, 1.165) is 12.0 Å². The molecule has 0 bridgehead atoms. The summed E-state index contributed by atoms with van der Waals surface area (Å²) in [5.41, 5.74) is 1.48. The van der Waals surface area contributed by atoms with Crippen molar-refractivity contribution >= 4 is 23.2 Å². The molecule has 0 saturated carbocycles. The molecule has 0 heterocycles. The van der Waals surface area contributed by atoms with Crippen molar-refractivity contribution in [1.82, 2.24) is 5.32 Å². The number of hydrogen-bond acceptors (Lipinski definition) is 5. The maximum atomic E-state index is 11.9. The molecule has 0 saturated heterocycles. The number of rotatable bonds is 9. The van der Waals surface area contributed by atoms with Gasteiger partial charge in [0, 0.05) is 30.8 Å². The molecule has 0 aliphatic heterocycles. The van der Waals surface area contributed by atoms with Crippen LogP contribution in [0, 0.1) is 10.1 Å². The SMILES string of the molecule is CCCC(=O)Nc1cccc(CNC(=O)COc2ccc([N+](=O)[O-])cc2)c1. The van der Waals surface area contributed by atoms with Gasteiger partial charge >= 0.3 is 0 Å². The van der Waals surface area contributed by atoms with Gasteiger partial charge in [-0.3, -0.25) is 19.7 Å². The molecule has 2 aromatic rings. The van der Waals surface area contributed by atoms with Crippen molar-refractivity contribution in [3.05, 3.63) is 64.2 Å². The molecule has 27 heavy (non-hydrogen) atoms. The van der Waals surface area contributed by atoms with Gasteiger partial charge in [-0.1, -0.05) is 19.1 Å². The average Bonchev–Trinajstić information content (AvgIpc) is 2.65. The van der Waals surface area contributed by atoms with Crippen LogP contribution < -0.4 is 15.4 Å². The molecule has 2 rings (SSSR count). The maximum absolute atomic E-state index is 11.9. The number of nitro groups is 1. The molecule has 0 spiro atoms. The minimum atomic E-state index is -0.505. The first-order valence-corrected chi connectivity index (χ1v) is 8.50. The molecule has 2 amide bonds. The van der Waals surface area contributed by atoms with Crippen LogP contribution in [-0.4, -0.2) is 23.3 Å². The molecule has 2 aromatic carbocycles. The number of nitrogens with one attached hydrogen (secondary N) is 2. The second-order valence-corrected chi connectivity index (χ2v) is 5.81. The van der Waals surface area contributed by atoms with Crippen LogP contribution in [0.2, 0.25) is 0 Å². The van der Waals surface area contributed by atoms with E-state index in [9.17, 15) is 19.7 Å². The van der Waals surface area contributed by atoms with Gasteiger partial charge < -0.3 is 15.4 Å². The normalized spacial score (nSPS) is 10.1. The van der Waals surface area contributed by atoms with Crippen LogP contribution in [-0.2, 0) is 16.1 Å². The number of hydrogen-bond donors (Lipinski definition) is 2. The van der Waals surface area contributed by atoms with Gasteiger partial charge in [0.15, 0.2) is 6.61 Å². The number of nitro benzene ring substituents is 1. The highest BCUT2D eigenvalue weighted by Crippen LogP contribution is 2.17. The minimum Gasteiger partial charge on any atom is -0.484 e. The molecule has 8 nitrogen and oxygen atoms in total. The second-order valence-electron chi connectivity index (χ2n) is 5.81. The molecular weight excluding hydrogens is 350 g/mol. The van der Waals surface area contributed by atoms with E-state index in [1.165, 1.54) is 24.3 Å². The molecule has 0 fully saturated rings. The molecule has 8 heteroatoms. The number of benzene rings is 2. The monoisotopic (exact) mass is 371 g/mol. The third-order valence-corrected chi connectivity index (χ3v) is 3.59. The Labute approximate surface area is 156 Å². The molecular formula is C19H21N3O5. The van der Waals surface area contributed by atoms with Crippen molar-refractivity contribution in [2.24, 2.45) is 0 Å². The van der Waals surface area contributed by atoms with Crippen molar-refractivity contribution < 1.29 is 19.2 Å². The summed E-state index contributed by atoms with van der Waals surface area (Å²) in [5.74, 6) is 0.000316. The van der Waals surface area contributed by atoms with E-state index >= 15 is 0 Å². The summed E-state index contributed by atoms with van der Waals surface area (Å²) in [6, 6.07) is 12.7. The van der Waals surface area contributed by atoms with Crippen LogP contribution in [0.15, 0.2) is 48.5 Å². The summed E-state index contributed by atoms with van der Waals surface area (Å²) in [4.78, 5) is 33.6. The zero-order chi connectivity index (χ0) is 19.6. The first-order valence-electron chi connectivity index (χ1n) is 8.50. The summed E-state index contributed by atoms with van der Waals surface area (Å²) in [5, 5.41) is 16.1. The molecule has 2 N–H and O–H groups in total. The molecule has 0 aliphatic carbocycles. The Balaban J connectivity index is 1.79. The first kappa shape index (κ1) is 19.9. The van der Waals surface area contributed by atoms with E-state index in [0.29, 0.717) is 24.4 Å². The Bertz CT molecular complexity index is 805. The third kappa shape index (κ3) is 6.77. The van der Waals surface area contributed by atoms with E-state index in [2.05, 4.69) is 10.6 Å². The van der Waals surface area contributed by atoms with Gasteiger partial charge in [0.05, 0.1) is 4.92 Å². The molecule has 0 aromatic heterocycles. The number of ether oxygens (including phenoxy) is 1. The number of anilines is 1. The van der Waals surface area contributed by atoms with Crippen molar-refractivity contribution in [3.63, 3.8) is 0 Å². The number of non-ortho nitro benzene ring substituents is 1. The van der Waals surface area contributed by atoms with Crippen LogP contribution in [0.1, 0.15) is 25.3 Å². The van der Waals surface area contributed by atoms with Crippen molar-refractivity contribution in [2.45, 2.75) is 26.3 Å². The van der Waals surface area contributed by atoms with Gasteiger partial charge in [-0.25, -0.2) is 0 Å². The molecule has 0 atom stereocenters. The van der Waals surface area contributed by atoms with Crippen LogP contribution in [0.25, 0.3) is 0 Å². The largest absolute Gasteiger partial charge is 0.484 e. The van der Waals surface area contributed by atoms with Gasteiger partial charge in [-0.05, 0) is 36.2 Å². The van der Waals surface area contributed by atoms with E-state index in [1.54, 1.807) is 18.2 Å². The third-order valence-electron chi connectivity index (χ3n) is 3.59. The Morgan fingerprint density at radius 1 is 1.11 bits per heavy atom. The predicted octanol–water partition coefficient (Wildman–Crippen LogP) is 3.03. The van der Waals surface area contributed by atoms with Crippen molar-refractivity contribution in [3.8, 4) is 5.75 Å². The fourth-order valence-electron chi connectivity index (χ4n) is 2.27. The highest BCUT2D eigenvalue weighted by Gasteiger charge is 2.07. The summed E-state index contributed by atoms with van der Waals surface area (Å²) in [7, 11) is 0. The highest BCUT2D eigenvalue weighted by atomic mass is 16.6. The van der Waals surface area contributed by atoms with E-state index < -0.39 is 4.92 Å². The summed E-state index contributed by atoms with van der Waals surface area (Å²) < 4.78 is 5.30. The summed E-state index contributed by atoms with van der Waals surface area (Å²) >= 11 is 0. The second kappa shape index (κ2) is 9.91. The van der Waals surface area contributed by atoms with E-state index in [4.69, 9.17) is 4.74 Å². The minimum absolute atomic E-state index is 0.0438. The fourth-order valence-corrected chi connectivity index (χ4v) is 2.27. The van der Waals surface area contributed by atoms with Crippen molar-refractivity contribution in [2.75, 3.05) is 11.9 Å². The fraction of sp³-hybridized carbons (Fsp3) is 0.263. The zero-order valence-corrected chi connectivity index (χ0v) is 14.9. The molecule has 0 radical (unpaired) electrons. The Hall–Kier alpha value is -3.42. The maximum Gasteiger partial charge on any atom is 0.269 e. The van der Waals surface area contributed by atoms with Gasteiger partial charge in [0.2, 0.25) is 5.91 Å². The molecule has 0 unspecified atom stereocenters. The van der Waals surface area contributed by atoms with E-state index in [1.807, 2.05) is 13.0 Å². The smallest absolute Gasteiger partial charge is 0.269 e. The Morgan fingerprint density at radius 3 is 2.52 bits per heavy atom. The lowest BCUT2D eigenvalue weighted by molar-refractivity contribution is -0.384. The molecule has 0 aliphatic rings. The lowest BCUT2D eigenvalue weighted by Crippen LogP contribution is -2.28. The summed E-state index contributed by atoms with van der Waals surface area (Å²) in [6.07, 6.45) is 1.23. The number of nitrogens with zero attached hydrogens (tertiary/aromatic N) is 1. The quantitative estimate of drug-likeness (QED) is 0.520. The van der Waals surface area contributed by atoms with Gasteiger partial charge in [0.25, 0.3) is 11.6 Å². The topological polar surface area (TPSA) is 111 Å². The Kier molecular flexibility index (Phi) is 7.30. The average molecular weight is 371 g/mol. The van der Waals surface area contributed by atoms with E-state index in [-0.39, 0.29) is 24.1 Å². The lowest BCUT2D eigenvalue weighted by Gasteiger charge is -2.09. The number of carbonyl (C=O) groups excluding carboxylic acids is 2. The van der Waals surface area contributed by atoms with Crippen LogP contribution in [0.4, 0.5) is 11.4 Å². The number of amides is 2.